The molecule has 0 N–H and O–H groups in total. The van der Waals surface area contributed by atoms with E-state index in [-0.39, 0.29) is 0 Å². The van der Waals surface area contributed by atoms with Crippen LogP contribution < -0.4 is 0 Å². The van der Waals surface area contributed by atoms with Gasteiger partial charge in [-0.3, -0.25) is 4.98 Å². The maximum absolute atomic E-state index is 5.06. The number of hydrogen-bond donors (Lipinski definition) is 0. The standard InChI is InChI=1S/C47H29N/c1-4-14-30(15-5-1)35-23-13-24-39-36(35)26-27-48-47(39)34-28-33-20-12-25-40-42(33)41(29-34)46-44(32-18-8-3-9-19-32)38-22-11-10-21-37(38)43(45(40)46)31-16-6-2-7-17-31/h1-29H. The van der Waals surface area contributed by atoms with Gasteiger partial charge in [-0.2, -0.15) is 0 Å². The monoisotopic (exact) mass is 607 g/mol. The molecule has 10 rings (SSSR count). The molecule has 0 fully saturated rings. The van der Waals surface area contributed by atoms with Crippen LogP contribution in [0.15, 0.2) is 176 Å². The Balaban J connectivity index is 1.33. The predicted octanol–water partition coefficient (Wildman–Crippen LogP) is 12.9. The van der Waals surface area contributed by atoms with Crippen LogP contribution in [0.1, 0.15) is 0 Å². The van der Waals surface area contributed by atoms with Crippen LogP contribution in [-0.4, -0.2) is 4.98 Å². The summed E-state index contributed by atoms with van der Waals surface area (Å²) in [4.78, 5) is 5.06. The lowest BCUT2D eigenvalue weighted by Gasteiger charge is -2.20. The number of aromatic nitrogens is 1. The number of fused-ring (bicyclic) bond motifs is 5. The minimum atomic E-state index is 1.01. The second kappa shape index (κ2) is 10.6. The molecule has 0 bridgehead atoms. The van der Waals surface area contributed by atoms with E-state index in [1.54, 1.807) is 0 Å². The van der Waals surface area contributed by atoms with Crippen LogP contribution in [0.4, 0.5) is 0 Å². The van der Waals surface area contributed by atoms with Gasteiger partial charge in [0.25, 0.3) is 0 Å². The molecule has 1 aliphatic carbocycles. The summed E-state index contributed by atoms with van der Waals surface area (Å²) >= 11 is 0. The van der Waals surface area contributed by atoms with E-state index < -0.39 is 0 Å². The molecule has 0 atom stereocenters. The van der Waals surface area contributed by atoms with E-state index in [1.807, 2.05) is 6.20 Å². The molecular formula is C47H29N. The molecule has 8 aromatic carbocycles. The van der Waals surface area contributed by atoms with Crippen LogP contribution in [0.3, 0.4) is 0 Å². The molecule has 0 radical (unpaired) electrons. The molecular weight excluding hydrogens is 579 g/mol. The number of hydrogen-bond acceptors (Lipinski definition) is 1. The number of benzene rings is 8. The highest BCUT2D eigenvalue weighted by Crippen LogP contribution is 2.58. The molecule has 1 nitrogen and oxygen atoms in total. The zero-order valence-electron chi connectivity index (χ0n) is 26.2. The van der Waals surface area contributed by atoms with Gasteiger partial charge in [-0.05, 0) is 101 Å². The van der Waals surface area contributed by atoms with Crippen molar-refractivity contribution in [3.63, 3.8) is 0 Å². The van der Waals surface area contributed by atoms with Gasteiger partial charge in [0.05, 0.1) is 5.69 Å². The summed E-state index contributed by atoms with van der Waals surface area (Å²) in [6.45, 7) is 0. The predicted molar refractivity (Wildman–Crippen MR) is 203 cm³/mol. The SMILES string of the molecule is c1ccc(-c2cccc3c(-c4cc5c6c(cccc6c4)-c4c-5c(-c5ccccc5)c5ccccc5c4-c4ccccc4)nccc23)cc1. The highest BCUT2D eigenvalue weighted by molar-refractivity contribution is 6.28. The van der Waals surface area contributed by atoms with E-state index in [4.69, 9.17) is 4.98 Å². The van der Waals surface area contributed by atoms with E-state index >= 15 is 0 Å². The lowest BCUT2D eigenvalue weighted by Crippen LogP contribution is -1.93. The molecule has 222 valence electrons. The molecule has 0 unspecified atom stereocenters. The Hall–Kier alpha value is -6.31. The molecule has 0 aliphatic heterocycles. The van der Waals surface area contributed by atoms with Gasteiger partial charge in [0.2, 0.25) is 0 Å². The molecule has 1 aliphatic rings. The van der Waals surface area contributed by atoms with Gasteiger partial charge in [-0.1, -0.05) is 152 Å². The first kappa shape index (κ1) is 26.9. The third-order valence-corrected chi connectivity index (χ3v) is 10.0. The minimum Gasteiger partial charge on any atom is -0.256 e. The minimum absolute atomic E-state index is 1.01. The van der Waals surface area contributed by atoms with Gasteiger partial charge in [-0.15, -0.1) is 0 Å². The highest BCUT2D eigenvalue weighted by Gasteiger charge is 2.31. The van der Waals surface area contributed by atoms with Crippen LogP contribution in [0, 0.1) is 0 Å². The van der Waals surface area contributed by atoms with Gasteiger partial charge in [0.15, 0.2) is 0 Å². The Bertz CT molecular complexity index is 2690. The van der Waals surface area contributed by atoms with Gasteiger partial charge < -0.3 is 0 Å². The molecule has 48 heavy (non-hydrogen) atoms. The van der Waals surface area contributed by atoms with Crippen molar-refractivity contribution < 1.29 is 0 Å². The molecule has 0 saturated heterocycles. The zero-order chi connectivity index (χ0) is 31.6. The Kier molecular flexibility index (Phi) is 5.94. The second-order valence-electron chi connectivity index (χ2n) is 12.6. The normalized spacial score (nSPS) is 11.8. The van der Waals surface area contributed by atoms with E-state index in [0.717, 1.165) is 16.6 Å². The lowest BCUT2D eigenvalue weighted by molar-refractivity contribution is 1.36. The summed E-state index contributed by atoms with van der Waals surface area (Å²) in [7, 11) is 0. The number of rotatable bonds is 4. The summed E-state index contributed by atoms with van der Waals surface area (Å²) in [6.07, 6.45) is 1.97. The summed E-state index contributed by atoms with van der Waals surface area (Å²) in [5.74, 6) is 0. The maximum Gasteiger partial charge on any atom is 0.0780 e. The van der Waals surface area contributed by atoms with Gasteiger partial charge in [0, 0.05) is 17.1 Å². The molecule has 1 heteroatoms. The van der Waals surface area contributed by atoms with Crippen molar-refractivity contribution in [1.82, 2.24) is 4.98 Å². The van der Waals surface area contributed by atoms with Crippen LogP contribution in [0.5, 0.6) is 0 Å². The van der Waals surface area contributed by atoms with Gasteiger partial charge in [0.1, 0.15) is 0 Å². The highest BCUT2D eigenvalue weighted by atomic mass is 14.7. The van der Waals surface area contributed by atoms with Crippen molar-refractivity contribution >= 4 is 32.3 Å². The first-order valence-electron chi connectivity index (χ1n) is 16.6. The van der Waals surface area contributed by atoms with Crippen molar-refractivity contribution in [2.75, 3.05) is 0 Å². The molecule has 1 aromatic heterocycles. The van der Waals surface area contributed by atoms with E-state index in [9.17, 15) is 0 Å². The first-order valence-corrected chi connectivity index (χ1v) is 16.6. The fourth-order valence-electron chi connectivity index (χ4n) is 8.06. The van der Waals surface area contributed by atoms with Crippen molar-refractivity contribution in [3.8, 4) is 66.9 Å². The Morgan fingerprint density at radius 2 is 0.854 bits per heavy atom. The van der Waals surface area contributed by atoms with Crippen LogP contribution in [0.25, 0.3) is 99.2 Å². The van der Waals surface area contributed by atoms with Gasteiger partial charge in [-0.25, -0.2) is 0 Å². The van der Waals surface area contributed by atoms with Crippen LogP contribution >= 0.6 is 0 Å². The Morgan fingerprint density at radius 3 is 1.52 bits per heavy atom. The lowest BCUT2D eigenvalue weighted by atomic mass is 9.82. The van der Waals surface area contributed by atoms with Crippen molar-refractivity contribution in [2.45, 2.75) is 0 Å². The van der Waals surface area contributed by atoms with E-state index in [1.165, 1.54) is 82.6 Å². The number of nitrogens with zero attached hydrogens (tertiary/aromatic N) is 1. The largest absolute Gasteiger partial charge is 0.256 e. The average molecular weight is 608 g/mol. The quantitative estimate of drug-likeness (QED) is 0.194. The topological polar surface area (TPSA) is 12.9 Å². The fourth-order valence-corrected chi connectivity index (χ4v) is 8.06. The first-order chi connectivity index (χ1) is 23.8. The summed E-state index contributed by atoms with van der Waals surface area (Å²) in [5, 5.41) is 7.45. The zero-order valence-corrected chi connectivity index (χ0v) is 26.2. The smallest absolute Gasteiger partial charge is 0.0780 e. The maximum atomic E-state index is 5.06. The van der Waals surface area contributed by atoms with Crippen molar-refractivity contribution in [3.05, 3.63) is 176 Å². The van der Waals surface area contributed by atoms with Crippen molar-refractivity contribution in [1.29, 1.82) is 0 Å². The molecule has 1 heterocycles. The van der Waals surface area contributed by atoms with Gasteiger partial charge >= 0.3 is 0 Å². The summed E-state index contributed by atoms with van der Waals surface area (Å²) < 4.78 is 0. The molecule has 9 aromatic rings. The van der Waals surface area contributed by atoms with Crippen molar-refractivity contribution in [2.24, 2.45) is 0 Å². The second-order valence-corrected chi connectivity index (χ2v) is 12.6. The molecule has 0 amide bonds. The fraction of sp³-hybridized carbons (Fsp3) is 0. The van der Waals surface area contributed by atoms with Crippen LogP contribution in [0.2, 0.25) is 0 Å². The summed E-state index contributed by atoms with van der Waals surface area (Å²) in [6, 6.07) is 61.7. The third kappa shape index (κ3) is 3.95. The van der Waals surface area contributed by atoms with E-state index in [2.05, 4.69) is 170 Å². The number of pyridine rings is 1. The average Bonchev–Trinajstić information content (AvgIpc) is 3.48. The Morgan fingerprint density at radius 1 is 0.312 bits per heavy atom. The molecule has 0 spiro atoms. The molecule has 0 saturated carbocycles. The Labute approximate surface area is 279 Å². The van der Waals surface area contributed by atoms with Crippen LogP contribution in [-0.2, 0) is 0 Å². The third-order valence-electron chi connectivity index (χ3n) is 10.0. The van der Waals surface area contributed by atoms with E-state index in [0.29, 0.717) is 0 Å². The summed E-state index contributed by atoms with van der Waals surface area (Å²) in [5.41, 5.74) is 14.8.